The zero-order chi connectivity index (χ0) is 14.6. The Kier molecular flexibility index (Phi) is 3.03. The number of hydrogen-bond donors (Lipinski definition) is 1. The van der Waals surface area contributed by atoms with Crippen LogP contribution in [0.5, 0.6) is 0 Å². The SMILES string of the molecule is Cc1cc(-c2nc3sc(C4CC4)nn3c2CO)ccc1Cl. The largest absolute Gasteiger partial charge is 0.390 e. The summed E-state index contributed by atoms with van der Waals surface area (Å²) in [5.41, 5.74) is 3.50. The Hall–Kier alpha value is -1.43. The molecule has 1 N–H and O–H groups in total. The van der Waals surface area contributed by atoms with Crippen LogP contribution in [0.4, 0.5) is 0 Å². The van der Waals surface area contributed by atoms with Crippen molar-refractivity contribution in [1.29, 1.82) is 0 Å². The van der Waals surface area contributed by atoms with Crippen LogP contribution in [0, 0.1) is 6.92 Å². The summed E-state index contributed by atoms with van der Waals surface area (Å²) in [5, 5.41) is 16.2. The number of aliphatic hydroxyl groups excluding tert-OH is 1. The van der Waals surface area contributed by atoms with Crippen molar-refractivity contribution in [2.75, 3.05) is 0 Å². The highest BCUT2D eigenvalue weighted by atomic mass is 35.5. The molecule has 108 valence electrons. The minimum atomic E-state index is -0.0774. The molecule has 1 saturated carbocycles. The molecule has 1 fully saturated rings. The van der Waals surface area contributed by atoms with Crippen molar-refractivity contribution in [3.8, 4) is 11.3 Å². The van der Waals surface area contributed by atoms with E-state index in [2.05, 4.69) is 10.1 Å². The van der Waals surface area contributed by atoms with Crippen LogP contribution in [0.3, 0.4) is 0 Å². The van der Waals surface area contributed by atoms with E-state index in [1.807, 2.05) is 25.1 Å². The average molecular weight is 320 g/mol. The lowest BCUT2D eigenvalue weighted by atomic mass is 10.1. The van der Waals surface area contributed by atoms with E-state index in [4.69, 9.17) is 11.6 Å². The van der Waals surface area contributed by atoms with Gasteiger partial charge >= 0.3 is 0 Å². The smallest absolute Gasteiger partial charge is 0.213 e. The zero-order valence-electron chi connectivity index (χ0n) is 11.5. The fraction of sp³-hybridized carbons (Fsp3) is 0.333. The van der Waals surface area contributed by atoms with Gasteiger partial charge < -0.3 is 5.11 Å². The number of aromatic nitrogens is 3. The summed E-state index contributed by atoms with van der Waals surface area (Å²) in [6, 6.07) is 5.79. The maximum absolute atomic E-state index is 9.73. The van der Waals surface area contributed by atoms with Gasteiger partial charge in [-0.3, -0.25) is 0 Å². The van der Waals surface area contributed by atoms with Crippen molar-refractivity contribution in [2.45, 2.75) is 32.3 Å². The van der Waals surface area contributed by atoms with Crippen LogP contribution in [0.15, 0.2) is 18.2 Å². The molecule has 0 saturated heterocycles. The Labute approximate surface area is 131 Å². The van der Waals surface area contributed by atoms with Crippen molar-refractivity contribution >= 4 is 27.9 Å². The second-order valence-corrected chi connectivity index (χ2v) is 6.83. The summed E-state index contributed by atoms with van der Waals surface area (Å²) < 4.78 is 1.79. The van der Waals surface area contributed by atoms with E-state index in [1.165, 1.54) is 12.8 Å². The number of aliphatic hydroxyl groups is 1. The van der Waals surface area contributed by atoms with E-state index >= 15 is 0 Å². The molecule has 3 aromatic rings. The summed E-state index contributed by atoms with van der Waals surface area (Å²) in [4.78, 5) is 5.52. The Morgan fingerprint density at radius 1 is 1.43 bits per heavy atom. The first-order chi connectivity index (χ1) is 10.2. The van der Waals surface area contributed by atoms with E-state index in [-0.39, 0.29) is 6.61 Å². The lowest BCUT2D eigenvalue weighted by Crippen LogP contribution is -1.96. The predicted molar refractivity (Wildman–Crippen MR) is 83.9 cm³/mol. The molecule has 0 aliphatic heterocycles. The maximum Gasteiger partial charge on any atom is 0.213 e. The normalized spacial score (nSPS) is 15.0. The molecule has 2 aromatic heterocycles. The first-order valence-electron chi connectivity index (χ1n) is 6.93. The first-order valence-corrected chi connectivity index (χ1v) is 8.12. The van der Waals surface area contributed by atoms with Crippen LogP contribution in [0.1, 0.15) is 35.0 Å². The van der Waals surface area contributed by atoms with Gasteiger partial charge in [-0.2, -0.15) is 5.10 Å². The highest BCUT2D eigenvalue weighted by Crippen LogP contribution is 2.42. The summed E-state index contributed by atoms with van der Waals surface area (Å²) in [5.74, 6) is 0.601. The molecule has 0 radical (unpaired) electrons. The molecular weight excluding hydrogens is 306 g/mol. The van der Waals surface area contributed by atoms with Gasteiger partial charge in [0.1, 0.15) is 5.01 Å². The topological polar surface area (TPSA) is 50.4 Å². The molecule has 6 heteroatoms. The average Bonchev–Trinajstić information content (AvgIpc) is 3.15. The predicted octanol–water partition coefficient (Wildman–Crippen LogP) is 3.79. The van der Waals surface area contributed by atoms with Crippen molar-refractivity contribution in [2.24, 2.45) is 0 Å². The zero-order valence-corrected chi connectivity index (χ0v) is 13.1. The van der Waals surface area contributed by atoms with Crippen LogP contribution >= 0.6 is 22.9 Å². The standard InChI is InChI=1S/C15H14ClN3OS/c1-8-6-10(4-5-11(8)16)13-12(7-20)19-15(17-13)21-14(18-19)9-2-3-9/h4-6,9,20H,2-3,7H2,1H3. The maximum atomic E-state index is 9.73. The van der Waals surface area contributed by atoms with Gasteiger partial charge in [-0.15, -0.1) is 0 Å². The molecule has 4 rings (SSSR count). The third-order valence-electron chi connectivity index (χ3n) is 3.82. The number of aryl methyl sites for hydroxylation is 1. The summed E-state index contributed by atoms with van der Waals surface area (Å²) >= 11 is 7.70. The molecule has 1 aliphatic rings. The third kappa shape index (κ3) is 2.16. The van der Waals surface area contributed by atoms with Gasteiger partial charge in [0.05, 0.1) is 18.0 Å². The van der Waals surface area contributed by atoms with E-state index in [0.29, 0.717) is 5.92 Å². The van der Waals surface area contributed by atoms with Crippen molar-refractivity contribution in [1.82, 2.24) is 14.6 Å². The Morgan fingerprint density at radius 3 is 2.90 bits per heavy atom. The molecule has 21 heavy (non-hydrogen) atoms. The molecule has 1 aromatic carbocycles. The van der Waals surface area contributed by atoms with Gasteiger partial charge in [0.2, 0.25) is 4.96 Å². The molecule has 4 nitrogen and oxygen atoms in total. The fourth-order valence-corrected chi connectivity index (χ4v) is 3.67. The van der Waals surface area contributed by atoms with Crippen LogP contribution in [-0.4, -0.2) is 19.7 Å². The van der Waals surface area contributed by atoms with Crippen LogP contribution < -0.4 is 0 Å². The molecule has 2 heterocycles. The number of imidazole rings is 1. The Bertz CT molecular complexity index is 835. The molecule has 0 amide bonds. The number of nitrogens with zero attached hydrogens (tertiary/aromatic N) is 3. The quantitative estimate of drug-likeness (QED) is 0.799. The highest BCUT2D eigenvalue weighted by Gasteiger charge is 2.29. The molecule has 0 unspecified atom stereocenters. The Balaban J connectivity index is 1.87. The lowest BCUT2D eigenvalue weighted by Gasteiger charge is -2.03. The number of benzene rings is 1. The second kappa shape index (κ2) is 4.80. The highest BCUT2D eigenvalue weighted by molar-refractivity contribution is 7.16. The Morgan fingerprint density at radius 2 is 2.24 bits per heavy atom. The first kappa shape index (κ1) is 13.2. The summed E-state index contributed by atoms with van der Waals surface area (Å²) in [6.45, 7) is 1.89. The minimum absolute atomic E-state index is 0.0774. The van der Waals surface area contributed by atoms with Gasteiger partial charge in [0.15, 0.2) is 0 Å². The minimum Gasteiger partial charge on any atom is -0.390 e. The third-order valence-corrected chi connectivity index (χ3v) is 5.31. The van der Waals surface area contributed by atoms with Crippen molar-refractivity contribution in [3.05, 3.63) is 39.5 Å². The van der Waals surface area contributed by atoms with Gasteiger partial charge in [-0.25, -0.2) is 9.50 Å². The molecule has 1 aliphatic carbocycles. The van der Waals surface area contributed by atoms with Crippen LogP contribution in [0.25, 0.3) is 16.2 Å². The van der Waals surface area contributed by atoms with E-state index in [0.717, 1.165) is 37.5 Å². The van der Waals surface area contributed by atoms with Gasteiger partial charge in [0, 0.05) is 16.5 Å². The second-order valence-electron chi connectivity index (χ2n) is 5.44. The monoisotopic (exact) mass is 319 g/mol. The number of halogens is 1. The molecule has 0 spiro atoms. The number of rotatable bonds is 3. The van der Waals surface area contributed by atoms with Crippen molar-refractivity contribution < 1.29 is 5.11 Å². The molecule has 0 bridgehead atoms. The summed E-state index contributed by atoms with van der Waals surface area (Å²) in [7, 11) is 0. The van der Waals surface area contributed by atoms with Gasteiger partial charge in [-0.1, -0.05) is 29.0 Å². The number of hydrogen-bond acceptors (Lipinski definition) is 4. The van der Waals surface area contributed by atoms with E-state index < -0.39 is 0 Å². The fourth-order valence-electron chi connectivity index (χ4n) is 2.47. The molecular formula is C15H14ClN3OS. The van der Waals surface area contributed by atoms with Gasteiger partial charge in [-0.05, 0) is 37.5 Å². The molecule has 0 atom stereocenters. The van der Waals surface area contributed by atoms with Crippen molar-refractivity contribution in [3.63, 3.8) is 0 Å². The van der Waals surface area contributed by atoms with E-state index in [9.17, 15) is 5.11 Å². The van der Waals surface area contributed by atoms with E-state index in [1.54, 1.807) is 15.9 Å². The van der Waals surface area contributed by atoms with Gasteiger partial charge in [0.25, 0.3) is 0 Å². The number of fused-ring (bicyclic) bond motifs is 1. The summed E-state index contributed by atoms with van der Waals surface area (Å²) in [6.07, 6.45) is 2.43. The lowest BCUT2D eigenvalue weighted by molar-refractivity contribution is 0.275. The van der Waals surface area contributed by atoms with Crippen LogP contribution in [-0.2, 0) is 6.61 Å². The van der Waals surface area contributed by atoms with Crippen LogP contribution in [0.2, 0.25) is 5.02 Å².